The standard InChI is InChI=1S/C21H15N3O/c25-21-15-10-4-5-11-16(15)23-20-19(14-8-2-1-3-9-14)22-17-12-6-7-13-18(17)24(20)21/h1-13,21,25H. The molecule has 0 fully saturated rings. The highest BCUT2D eigenvalue weighted by Crippen LogP contribution is 2.43. The summed E-state index contributed by atoms with van der Waals surface area (Å²) in [6.07, 6.45) is -0.793. The Balaban J connectivity index is 1.81. The van der Waals surface area contributed by atoms with Crippen LogP contribution in [0.4, 0.5) is 17.1 Å². The molecule has 3 aromatic rings. The van der Waals surface area contributed by atoms with E-state index in [1.807, 2.05) is 83.8 Å². The minimum Gasteiger partial charge on any atom is -0.369 e. The first-order valence-electron chi connectivity index (χ1n) is 8.21. The summed E-state index contributed by atoms with van der Waals surface area (Å²) in [4.78, 5) is 11.5. The molecular formula is C21H15N3O. The van der Waals surface area contributed by atoms with E-state index in [0.717, 1.165) is 33.9 Å². The summed E-state index contributed by atoms with van der Waals surface area (Å²) >= 11 is 0. The minimum absolute atomic E-state index is 0.677. The number of fused-ring (bicyclic) bond motifs is 4. The van der Waals surface area contributed by atoms with Gasteiger partial charge in [-0.1, -0.05) is 60.7 Å². The summed E-state index contributed by atoms with van der Waals surface area (Å²) < 4.78 is 0. The third kappa shape index (κ3) is 2.12. The van der Waals surface area contributed by atoms with Crippen molar-refractivity contribution in [1.29, 1.82) is 0 Å². The molecule has 1 N–H and O–H groups in total. The number of hydrogen-bond acceptors (Lipinski definition) is 4. The summed E-state index contributed by atoms with van der Waals surface area (Å²) in [6.45, 7) is 0. The molecule has 25 heavy (non-hydrogen) atoms. The molecule has 0 aromatic heterocycles. The lowest BCUT2D eigenvalue weighted by atomic mass is 10.0. The van der Waals surface area contributed by atoms with E-state index in [2.05, 4.69) is 0 Å². The molecule has 1 atom stereocenters. The molecule has 120 valence electrons. The van der Waals surface area contributed by atoms with Gasteiger partial charge in [0.25, 0.3) is 0 Å². The van der Waals surface area contributed by atoms with Crippen LogP contribution in [0.1, 0.15) is 17.4 Å². The van der Waals surface area contributed by atoms with Crippen molar-refractivity contribution in [3.8, 4) is 0 Å². The zero-order valence-corrected chi connectivity index (χ0v) is 13.4. The topological polar surface area (TPSA) is 48.2 Å². The Kier molecular flexibility index (Phi) is 3.05. The zero-order valence-electron chi connectivity index (χ0n) is 13.4. The third-order valence-corrected chi connectivity index (χ3v) is 4.55. The van der Waals surface area contributed by atoms with Crippen LogP contribution in [0.5, 0.6) is 0 Å². The summed E-state index contributed by atoms with van der Waals surface area (Å²) in [5.41, 5.74) is 5.03. The molecule has 0 radical (unpaired) electrons. The van der Waals surface area contributed by atoms with Gasteiger partial charge in [0.15, 0.2) is 12.1 Å². The fourth-order valence-electron chi connectivity index (χ4n) is 3.37. The molecule has 2 heterocycles. The van der Waals surface area contributed by atoms with E-state index in [0.29, 0.717) is 5.84 Å². The Morgan fingerprint density at radius 3 is 2.24 bits per heavy atom. The number of anilines is 1. The first kappa shape index (κ1) is 14.1. The highest BCUT2D eigenvalue weighted by molar-refractivity contribution is 6.54. The van der Waals surface area contributed by atoms with Crippen LogP contribution in [0.3, 0.4) is 0 Å². The Hall–Kier alpha value is -3.24. The van der Waals surface area contributed by atoms with Gasteiger partial charge in [-0.15, -0.1) is 0 Å². The van der Waals surface area contributed by atoms with Crippen molar-refractivity contribution < 1.29 is 5.11 Å². The molecule has 5 rings (SSSR count). The van der Waals surface area contributed by atoms with Crippen molar-refractivity contribution in [2.24, 2.45) is 9.98 Å². The Bertz CT molecular complexity index is 1020. The molecule has 0 spiro atoms. The van der Waals surface area contributed by atoms with E-state index in [1.165, 1.54) is 0 Å². The van der Waals surface area contributed by atoms with Gasteiger partial charge in [-0.25, -0.2) is 9.98 Å². The summed E-state index contributed by atoms with van der Waals surface area (Å²) in [5, 5.41) is 11.1. The lowest BCUT2D eigenvalue weighted by Crippen LogP contribution is -2.43. The minimum atomic E-state index is -0.793. The smallest absolute Gasteiger partial charge is 0.162 e. The van der Waals surface area contributed by atoms with E-state index in [4.69, 9.17) is 9.98 Å². The van der Waals surface area contributed by atoms with Gasteiger partial charge < -0.3 is 5.11 Å². The Morgan fingerprint density at radius 2 is 1.40 bits per heavy atom. The lowest BCUT2D eigenvalue weighted by Gasteiger charge is -2.38. The van der Waals surface area contributed by atoms with E-state index >= 15 is 0 Å². The van der Waals surface area contributed by atoms with Gasteiger partial charge in [0.05, 0.1) is 17.1 Å². The normalized spacial score (nSPS) is 17.8. The predicted octanol–water partition coefficient (Wildman–Crippen LogP) is 4.36. The number of hydrogen-bond donors (Lipinski definition) is 1. The monoisotopic (exact) mass is 325 g/mol. The second-order valence-corrected chi connectivity index (χ2v) is 6.05. The van der Waals surface area contributed by atoms with Gasteiger partial charge in [-0.2, -0.15) is 0 Å². The maximum Gasteiger partial charge on any atom is 0.162 e. The lowest BCUT2D eigenvalue weighted by molar-refractivity contribution is 0.187. The van der Waals surface area contributed by atoms with Gasteiger partial charge in [0, 0.05) is 11.1 Å². The molecule has 2 aliphatic heterocycles. The molecular weight excluding hydrogens is 310 g/mol. The highest BCUT2D eigenvalue weighted by Gasteiger charge is 2.36. The number of nitrogens with zero attached hydrogens (tertiary/aromatic N) is 3. The maximum absolute atomic E-state index is 11.1. The molecule has 4 heteroatoms. The van der Waals surface area contributed by atoms with Crippen LogP contribution in [0.2, 0.25) is 0 Å². The largest absolute Gasteiger partial charge is 0.369 e. The molecule has 4 nitrogen and oxygen atoms in total. The van der Waals surface area contributed by atoms with Crippen molar-refractivity contribution in [2.45, 2.75) is 6.23 Å². The molecule has 1 unspecified atom stereocenters. The van der Waals surface area contributed by atoms with Gasteiger partial charge in [0.1, 0.15) is 5.71 Å². The van der Waals surface area contributed by atoms with Crippen molar-refractivity contribution >= 4 is 28.6 Å². The van der Waals surface area contributed by atoms with E-state index in [1.54, 1.807) is 0 Å². The number of para-hydroxylation sites is 3. The number of amidine groups is 1. The number of rotatable bonds is 1. The first-order valence-corrected chi connectivity index (χ1v) is 8.21. The molecule has 0 bridgehead atoms. The first-order chi connectivity index (χ1) is 12.3. The van der Waals surface area contributed by atoms with Gasteiger partial charge in [0.2, 0.25) is 0 Å². The van der Waals surface area contributed by atoms with Crippen molar-refractivity contribution in [1.82, 2.24) is 0 Å². The molecule has 2 aliphatic rings. The number of aliphatic hydroxyl groups excluding tert-OH is 1. The van der Waals surface area contributed by atoms with Crippen LogP contribution in [-0.2, 0) is 0 Å². The Morgan fingerprint density at radius 1 is 0.720 bits per heavy atom. The third-order valence-electron chi connectivity index (χ3n) is 4.55. The second-order valence-electron chi connectivity index (χ2n) is 6.05. The van der Waals surface area contributed by atoms with Crippen LogP contribution in [0, 0.1) is 0 Å². The number of aliphatic imine (C=N–C) groups is 2. The van der Waals surface area contributed by atoms with Crippen molar-refractivity contribution in [2.75, 3.05) is 4.90 Å². The van der Waals surface area contributed by atoms with Gasteiger partial charge in [-0.3, -0.25) is 4.90 Å². The van der Waals surface area contributed by atoms with Crippen LogP contribution in [0.15, 0.2) is 88.8 Å². The van der Waals surface area contributed by atoms with E-state index in [-0.39, 0.29) is 0 Å². The molecule has 0 aliphatic carbocycles. The number of benzene rings is 3. The summed E-state index contributed by atoms with van der Waals surface area (Å²) in [5.74, 6) is 0.677. The number of aliphatic hydroxyl groups is 1. The van der Waals surface area contributed by atoms with E-state index in [9.17, 15) is 5.11 Å². The SMILES string of the molecule is OC1c2ccccc2N=C2C(c3ccccc3)=Nc3ccccc3N21. The average Bonchev–Trinajstić information content (AvgIpc) is 2.68. The molecule has 0 amide bonds. The van der Waals surface area contributed by atoms with Crippen LogP contribution >= 0.6 is 0 Å². The van der Waals surface area contributed by atoms with Crippen molar-refractivity contribution in [3.63, 3.8) is 0 Å². The molecule has 0 saturated heterocycles. The van der Waals surface area contributed by atoms with Crippen LogP contribution in [0.25, 0.3) is 0 Å². The summed E-state index contributed by atoms with van der Waals surface area (Å²) in [6, 6.07) is 25.5. The summed E-state index contributed by atoms with van der Waals surface area (Å²) in [7, 11) is 0. The predicted molar refractivity (Wildman–Crippen MR) is 100 cm³/mol. The average molecular weight is 325 g/mol. The zero-order chi connectivity index (χ0) is 16.8. The Labute approximate surface area is 145 Å². The van der Waals surface area contributed by atoms with Gasteiger partial charge in [-0.05, 0) is 18.2 Å². The van der Waals surface area contributed by atoms with Gasteiger partial charge >= 0.3 is 0 Å². The van der Waals surface area contributed by atoms with E-state index < -0.39 is 6.23 Å². The second kappa shape index (κ2) is 5.40. The maximum atomic E-state index is 11.1. The van der Waals surface area contributed by atoms with Crippen LogP contribution in [-0.4, -0.2) is 16.7 Å². The highest BCUT2D eigenvalue weighted by atomic mass is 16.3. The van der Waals surface area contributed by atoms with Crippen molar-refractivity contribution in [3.05, 3.63) is 90.0 Å². The fraction of sp³-hybridized carbons (Fsp3) is 0.0476. The van der Waals surface area contributed by atoms with Crippen LogP contribution < -0.4 is 4.90 Å². The molecule has 0 saturated carbocycles. The fourth-order valence-corrected chi connectivity index (χ4v) is 3.37. The quantitative estimate of drug-likeness (QED) is 0.722. The molecule has 3 aromatic carbocycles.